The number of hydrogen-bond acceptors (Lipinski definition) is 8. The summed E-state index contributed by atoms with van der Waals surface area (Å²) in [6, 6.07) is 12.5. The molecule has 0 amide bonds. The zero-order valence-electron chi connectivity index (χ0n) is 14.1. The molecule has 0 saturated heterocycles. The third-order valence-corrected chi connectivity index (χ3v) is 3.44. The number of anilines is 2. The number of benzene rings is 2. The van der Waals surface area contributed by atoms with Gasteiger partial charge in [-0.1, -0.05) is 18.2 Å². The molecule has 0 atom stereocenters. The molecule has 1 heterocycles. The second-order valence-electron chi connectivity index (χ2n) is 5.49. The smallest absolute Gasteiger partial charge is 0.338 e. The molecule has 8 nitrogen and oxygen atoms in total. The van der Waals surface area contributed by atoms with Gasteiger partial charge in [-0.3, -0.25) is 0 Å². The largest absolute Gasteiger partial charge is 0.489 e. The van der Waals surface area contributed by atoms with Crippen LogP contribution >= 0.6 is 0 Å². The Morgan fingerprint density at radius 1 is 0.963 bits per heavy atom. The molecule has 2 aromatic carbocycles. The molecule has 9 heteroatoms. The molecule has 1 aromatic heterocycles. The molecule has 138 valence electrons. The monoisotopic (exact) mass is 369 g/mol. The van der Waals surface area contributed by atoms with Gasteiger partial charge in [0.2, 0.25) is 11.9 Å². The summed E-state index contributed by atoms with van der Waals surface area (Å²) in [4.78, 5) is 23.5. The zero-order chi connectivity index (χ0) is 19.2. The topological polar surface area (TPSA) is 126 Å². The fraction of sp³-hybridized carbons (Fsp3) is 0.111. The maximum Gasteiger partial charge on any atom is 0.338 e. The van der Waals surface area contributed by atoms with E-state index in [4.69, 9.17) is 20.9 Å². The second-order valence-corrected chi connectivity index (χ2v) is 5.49. The number of nitrogens with two attached hydrogens (primary N) is 2. The van der Waals surface area contributed by atoms with Crippen LogP contribution in [0.15, 0.2) is 48.5 Å². The van der Waals surface area contributed by atoms with Gasteiger partial charge in [0.05, 0.1) is 5.56 Å². The molecule has 0 bridgehead atoms. The van der Waals surface area contributed by atoms with Crippen molar-refractivity contribution in [3.63, 3.8) is 0 Å². The van der Waals surface area contributed by atoms with Crippen LogP contribution in [0.3, 0.4) is 0 Å². The van der Waals surface area contributed by atoms with Crippen molar-refractivity contribution in [2.45, 2.75) is 13.2 Å². The molecule has 0 aliphatic heterocycles. The van der Waals surface area contributed by atoms with Crippen molar-refractivity contribution in [1.29, 1.82) is 0 Å². The fourth-order valence-corrected chi connectivity index (χ4v) is 2.19. The van der Waals surface area contributed by atoms with E-state index in [2.05, 4.69) is 15.0 Å². The number of rotatable bonds is 6. The Labute approximate surface area is 154 Å². The molecule has 3 aromatic rings. The van der Waals surface area contributed by atoms with Crippen molar-refractivity contribution in [3.8, 4) is 5.75 Å². The van der Waals surface area contributed by atoms with Crippen molar-refractivity contribution < 1.29 is 18.7 Å². The standard InChI is InChI=1S/C18H16FN5O3/c19-13-6-4-11(5-7-13)9-26-14-3-1-2-12(8-14)16(25)27-10-15-22-17(20)24-18(21)23-15/h1-8H,9-10H2,(H4,20,21,22,23,24). The molecule has 0 fully saturated rings. The van der Waals surface area contributed by atoms with Crippen LogP contribution in [0.1, 0.15) is 21.7 Å². The molecule has 0 spiro atoms. The fourth-order valence-electron chi connectivity index (χ4n) is 2.19. The SMILES string of the molecule is Nc1nc(N)nc(COC(=O)c2cccc(OCc3ccc(F)cc3)c2)n1. The number of carbonyl (C=O) groups excluding carboxylic acids is 1. The van der Waals surface area contributed by atoms with Gasteiger partial charge in [0.1, 0.15) is 18.2 Å². The predicted molar refractivity (Wildman–Crippen MR) is 94.9 cm³/mol. The van der Waals surface area contributed by atoms with Crippen molar-refractivity contribution in [3.05, 3.63) is 71.3 Å². The van der Waals surface area contributed by atoms with E-state index < -0.39 is 5.97 Å². The Morgan fingerprint density at radius 2 is 1.67 bits per heavy atom. The van der Waals surface area contributed by atoms with Crippen molar-refractivity contribution in [2.24, 2.45) is 0 Å². The van der Waals surface area contributed by atoms with Gasteiger partial charge in [-0.25, -0.2) is 9.18 Å². The average molecular weight is 369 g/mol. The van der Waals surface area contributed by atoms with Crippen LogP contribution in [-0.2, 0) is 18.0 Å². The van der Waals surface area contributed by atoms with Gasteiger partial charge in [0, 0.05) is 0 Å². The van der Waals surface area contributed by atoms with Crippen LogP contribution < -0.4 is 16.2 Å². The molecular formula is C18H16FN5O3. The van der Waals surface area contributed by atoms with Crippen LogP contribution in [0.25, 0.3) is 0 Å². The van der Waals surface area contributed by atoms with Crippen LogP contribution in [0.2, 0.25) is 0 Å². The Morgan fingerprint density at radius 3 is 2.37 bits per heavy atom. The molecule has 0 aliphatic rings. The maximum absolute atomic E-state index is 12.9. The molecule has 0 saturated carbocycles. The number of nitrogens with zero attached hydrogens (tertiary/aromatic N) is 3. The number of carbonyl (C=O) groups is 1. The highest BCUT2D eigenvalue weighted by Crippen LogP contribution is 2.16. The van der Waals surface area contributed by atoms with E-state index >= 15 is 0 Å². The molecule has 3 rings (SSSR count). The highest BCUT2D eigenvalue weighted by atomic mass is 19.1. The van der Waals surface area contributed by atoms with Crippen molar-refractivity contribution in [2.75, 3.05) is 11.5 Å². The highest BCUT2D eigenvalue weighted by Gasteiger charge is 2.11. The first kappa shape index (κ1) is 18.1. The van der Waals surface area contributed by atoms with Gasteiger partial charge in [0.15, 0.2) is 12.4 Å². The summed E-state index contributed by atoms with van der Waals surface area (Å²) in [7, 11) is 0. The average Bonchev–Trinajstić information content (AvgIpc) is 2.65. The zero-order valence-corrected chi connectivity index (χ0v) is 14.1. The first-order valence-electron chi connectivity index (χ1n) is 7.90. The summed E-state index contributed by atoms with van der Waals surface area (Å²) in [5.41, 5.74) is 12.0. The van der Waals surface area contributed by atoms with E-state index in [-0.39, 0.29) is 36.8 Å². The third-order valence-electron chi connectivity index (χ3n) is 3.44. The summed E-state index contributed by atoms with van der Waals surface area (Å²) in [5, 5.41) is 0. The Kier molecular flexibility index (Phi) is 5.41. The lowest BCUT2D eigenvalue weighted by molar-refractivity contribution is 0.0461. The summed E-state index contributed by atoms with van der Waals surface area (Å²) in [6.07, 6.45) is 0. The maximum atomic E-state index is 12.9. The van der Waals surface area contributed by atoms with E-state index in [0.717, 1.165) is 5.56 Å². The second kappa shape index (κ2) is 8.09. The van der Waals surface area contributed by atoms with E-state index in [9.17, 15) is 9.18 Å². The molecule has 0 unspecified atom stereocenters. The first-order chi connectivity index (χ1) is 13.0. The lowest BCUT2D eigenvalue weighted by Crippen LogP contribution is -2.11. The first-order valence-corrected chi connectivity index (χ1v) is 7.90. The van der Waals surface area contributed by atoms with Crippen molar-refractivity contribution in [1.82, 2.24) is 15.0 Å². The van der Waals surface area contributed by atoms with Crippen LogP contribution in [0.4, 0.5) is 16.3 Å². The number of halogens is 1. The minimum absolute atomic E-state index is 0.0512. The number of hydrogen-bond donors (Lipinski definition) is 2. The number of aromatic nitrogens is 3. The van der Waals surface area contributed by atoms with Crippen molar-refractivity contribution >= 4 is 17.9 Å². The van der Waals surface area contributed by atoms with Gasteiger partial charge in [-0.05, 0) is 35.9 Å². The summed E-state index contributed by atoms with van der Waals surface area (Å²) in [6.45, 7) is 0.0403. The Hall–Kier alpha value is -3.75. The minimum atomic E-state index is -0.584. The molecule has 4 N–H and O–H groups in total. The normalized spacial score (nSPS) is 10.4. The Balaban J connectivity index is 1.60. The predicted octanol–water partition coefficient (Wildman–Crippen LogP) is 2.11. The van der Waals surface area contributed by atoms with Gasteiger partial charge in [-0.15, -0.1) is 0 Å². The lowest BCUT2D eigenvalue weighted by atomic mass is 10.2. The van der Waals surface area contributed by atoms with E-state index in [0.29, 0.717) is 11.3 Å². The molecular weight excluding hydrogens is 353 g/mol. The van der Waals surface area contributed by atoms with E-state index in [1.54, 1.807) is 36.4 Å². The van der Waals surface area contributed by atoms with Gasteiger partial charge in [0.25, 0.3) is 0 Å². The summed E-state index contributed by atoms with van der Waals surface area (Å²) < 4.78 is 23.7. The quantitative estimate of drug-likeness (QED) is 0.633. The van der Waals surface area contributed by atoms with Crippen LogP contribution in [-0.4, -0.2) is 20.9 Å². The Bertz CT molecular complexity index is 930. The van der Waals surface area contributed by atoms with Crippen LogP contribution in [0.5, 0.6) is 5.75 Å². The van der Waals surface area contributed by atoms with Gasteiger partial charge in [-0.2, -0.15) is 15.0 Å². The summed E-state index contributed by atoms with van der Waals surface area (Å²) in [5.74, 6) is -0.376. The van der Waals surface area contributed by atoms with Gasteiger partial charge >= 0.3 is 5.97 Å². The number of ether oxygens (including phenoxy) is 2. The van der Waals surface area contributed by atoms with Gasteiger partial charge < -0.3 is 20.9 Å². The van der Waals surface area contributed by atoms with Crippen LogP contribution in [0, 0.1) is 5.82 Å². The van der Waals surface area contributed by atoms with E-state index in [1.807, 2.05) is 0 Å². The number of esters is 1. The molecule has 0 radical (unpaired) electrons. The highest BCUT2D eigenvalue weighted by molar-refractivity contribution is 5.89. The summed E-state index contributed by atoms with van der Waals surface area (Å²) >= 11 is 0. The lowest BCUT2D eigenvalue weighted by Gasteiger charge is -2.08. The minimum Gasteiger partial charge on any atom is -0.489 e. The third kappa shape index (κ3) is 5.11. The molecule has 27 heavy (non-hydrogen) atoms. The van der Waals surface area contributed by atoms with E-state index in [1.165, 1.54) is 12.1 Å². The number of nitrogen functional groups attached to an aromatic ring is 2. The molecule has 0 aliphatic carbocycles.